The number of halogens is 2. The zero-order valence-electron chi connectivity index (χ0n) is 9.81. The molecule has 0 spiro atoms. The molecule has 94 valence electrons. The summed E-state index contributed by atoms with van der Waals surface area (Å²) in [7, 11) is 0. The Labute approximate surface area is 114 Å². The van der Waals surface area contributed by atoms with Gasteiger partial charge in [-0.3, -0.25) is 0 Å². The molecule has 0 amide bonds. The molecule has 0 saturated carbocycles. The van der Waals surface area contributed by atoms with Gasteiger partial charge in [0.25, 0.3) is 0 Å². The van der Waals surface area contributed by atoms with Gasteiger partial charge in [-0.15, -0.1) is 0 Å². The van der Waals surface area contributed by atoms with E-state index >= 15 is 0 Å². The van der Waals surface area contributed by atoms with Gasteiger partial charge in [-0.2, -0.15) is 0 Å². The van der Waals surface area contributed by atoms with Crippen LogP contribution in [0.25, 0.3) is 0 Å². The molecule has 0 aromatic heterocycles. The van der Waals surface area contributed by atoms with E-state index in [1.165, 1.54) is 6.07 Å². The van der Waals surface area contributed by atoms with Gasteiger partial charge in [-0.1, -0.05) is 46.3 Å². The van der Waals surface area contributed by atoms with Crippen molar-refractivity contribution in [3.8, 4) is 0 Å². The molecular formula is C15H14BrFO. The monoisotopic (exact) mass is 308 g/mol. The predicted molar refractivity (Wildman–Crippen MR) is 74.1 cm³/mol. The second kappa shape index (κ2) is 6.12. The molecule has 1 nitrogen and oxygen atoms in total. The number of hydrogen-bond acceptors (Lipinski definition) is 1. The van der Waals surface area contributed by atoms with Crippen LogP contribution in [-0.4, -0.2) is 11.7 Å². The van der Waals surface area contributed by atoms with Gasteiger partial charge in [-0.05, 0) is 35.7 Å². The predicted octanol–water partition coefficient (Wildman–Crippen LogP) is 3.91. The molecule has 0 aliphatic carbocycles. The number of aliphatic hydroxyl groups excluding tert-OH is 1. The molecule has 0 aliphatic rings. The van der Waals surface area contributed by atoms with Crippen LogP contribution in [0.5, 0.6) is 0 Å². The minimum absolute atomic E-state index is 0.0585. The largest absolute Gasteiger partial charge is 0.396 e. The molecule has 2 aromatic carbocycles. The van der Waals surface area contributed by atoms with Crippen LogP contribution in [0.15, 0.2) is 53.0 Å². The molecule has 3 heteroatoms. The first-order chi connectivity index (χ1) is 8.70. The number of aliphatic hydroxyl groups is 1. The summed E-state index contributed by atoms with van der Waals surface area (Å²) in [5.74, 6) is -0.457. The van der Waals surface area contributed by atoms with Crippen molar-refractivity contribution in [1.82, 2.24) is 0 Å². The maximum Gasteiger partial charge on any atom is 0.126 e. The van der Waals surface area contributed by atoms with Crippen molar-refractivity contribution in [3.63, 3.8) is 0 Å². The first kappa shape index (κ1) is 13.2. The molecule has 0 aliphatic heterocycles. The van der Waals surface area contributed by atoms with E-state index in [9.17, 15) is 9.50 Å². The van der Waals surface area contributed by atoms with Gasteiger partial charge in [0.2, 0.25) is 0 Å². The third-order valence-electron chi connectivity index (χ3n) is 2.96. The van der Waals surface area contributed by atoms with Crippen molar-refractivity contribution in [2.24, 2.45) is 0 Å². The van der Waals surface area contributed by atoms with Gasteiger partial charge < -0.3 is 5.11 Å². The molecular weight excluding hydrogens is 295 g/mol. The average Bonchev–Trinajstić information content (AvgIpc) is 2.39. The lowest BCUT2D eigenvalue weighted by Crippen LogP contribution is -2.09. The quantitative estimate of drug-likeness (QED) is 0.908. The second-order valence-electron chi connectivity index (χ2n) is 4.23. The second-order valence-corrected chi connectivity index (χ2v) is 5.15. The lowest BCUT2D eigenvalue weighted by Gasteiger charge is -2.15. The van der Waals surface area contributed by atoms with Crippen LogP contribution in [0.1, 0.15) is 17.0 Å². The van der Waals surface area contributed by atoms with Crippen molar-refractivity contribution in [2.75, 3.05) is 6.61 Å². The van der Waals surface area contributed by atoms with Crippen LogP contribution in [0.2, 0.25) is 0 Å². The van der Waals surface area contributed by atoms with Gasteiger partial charge >= 0.3 is 0 Å². The Morgan fingerprint density at radius 3 is 2.33 bits per heavy atom. The Balaban J connectivity index is 2.20. The molecule has 2 aromatic rings. The van der Waals surface area contributed by atoms with Crippen LogP contribution in [0.3, 0.4) is 0 Å². The van der Waals surface area contributed by atoms with Crippen LogP contribution in [0.4, 0.5) is 4.39 Å². The normalized spacial score (nSPS) is 12.4. The Bertz CT molecular complexity index is 510. The van der Waals surface area contributed by atoms with E-state index in [1.807, 2.05) is 24.3 Å². The van der Waals surface area contributed by atoms with Gasteiger partial charge in [0.15, 0.2) is 0 Å². The zero-order chi connectivity index (χ0) is 13.0. The van der Waals surface area contributed by atoms with Crippen LogP contribution in [0, 0.1) is 5.82 Å². The van der Waals surface area contributed by atoms with Crippen LogP contribution < -0.4 is 0 Å². The molecule has 1 N–H and O–H groups in total. The summed E-state index contributed by atoms with van der Waals surface area (Å²) in [5, 5.41) is 9.44. The Morgan fingerprint density at radius 1 is 1.06 bits per heavy atom. The first-order valence-corrected chi connectivity index (χ1v) is 6.59. The van der Waals surface area contributed by atoms with E-state index in [1.54, 1.807) is 18.2 Å². The third kappa shape index (κ3) is 3.18. The summed E-state index contributed by atoms with van der Waals surface area (Å²) < 4.78 is 14.7. The van der Waals surface area contributed by atoms with E-state index in [0.717, 1.165) is 10.0 Å². The smallest absolute Gasteiger partial charge is 0.126 e. The lowest BCUT2D eigenvalue weighted by atomic mass is 9.92. The van der Waals surface area contributed by atoms with Crippen molar-refractivity contribution < 1.29 is 9.50 Å². The molecule has 18 heavy (non-hydrogen) atoms. The fourth-order valence-corrected chi connectivity index (χ4v) is 2.25. The standard InChI is InChI=1S/C15H14BrFO/c16-13-7-5-11(6-8-13)9-12(10-18)14-3-1-2-4-15(14)17/h1-8,12,18H,9-10H2. The van der Waals surface area contributed by atoms with Crippen molar-refractivity contribution in [1.29, 1.82) is 0 Å². The van der Waals surface area contributed by atoms with Crippen LogP contribution >= 0.6 is 15.9 Å². The molecule has 0 heterocycles. The van der Waals surface area contributed by atoms with E-state index < -0.39 is 0 Å². The van der Waals surface area contributed by atoms with E-state index in [4.69, 9.17) is 0 Å². The maximum absolute atomic E-state index is 13.7. The Kier molecular flexibility index (Phi) is 4.50. The average molecular weight is 309 g/mol. The third-order valence-corrected chi connectivity index (χ3v) is 3.49. The highest BCUT2D eigenvalue weighted by Gasteiger charge is 2.15. The van der Waals surface area contributed by atoms with Gasteiger partial charge in [0.05, 0.1) is 6.61 Å². The molecule has 0 bridgehead atoms. The summed E-state index contributed by atoms with van der Waals surface area (Å²) in [6, 6.07) is 14.5. The van der Waals surface area contributed by atoms with Crippen molar-refractivity contribution >= 4 is 15.9 Å². The highest BCUT2D eigenvalue weighted by atomic mass is 79.9. The maximum atomic E-state index is 13.7. The number of rotatable bonds is 4. The Morgan fingerprint density at radius 2 is 1.72 bits per heavy atom. The minimum atomic E-state index is -0.256. The fourth-order valence-electron chi connectivity index (χ4n) is 1.98. The van der Waals surface area contributed by atoms with E-state index in [-0.39, 0.29) is 18.3 Å². The highest BCUT2D eigenvalue weighted by molar-refractivity contribution is 9.10. The highest BCUT2D eigenvalue weighted by Crippen LogP contribution is 2.23. The number of benzene rings is 2. The Hall–Kier alpha value is -1.19. The molecule has 0 radical (unpaired) electrons. The van der Waals surface area contributed by atoms with Gasteiger partial charge in [0, 0.05) is 10.4 Å². The zero-order valence-corrected chi connectivity index (χ0v) is 11.4. The van der Waals surface area contributed by atoms with Crippen LogP contribution in [-0.2, 0) is 6.42 Å². The summed E-state index contributed by atoms with van der Waals surface area (Å²) in [6.45, 7) is -0.0585. The molecule has 0 fully saturated rings. The van der Waals surface area contributed by atoms with Crippen molar-refractivity contribution in [2.45, 2.75) is 12.3 Å². The van der Waals surface area contributed by atoms with E-state index in [0.29, 0.717) is 12.0 Å². The molecule has 2 rings (SSSR count). The molecule has 1 unspecified atom stereocenters. The first-order valence-electron chi connectivity index (χ1n) is 5.80. The summed E-state index contributed by atoms with van der Waals surface area (Å²) in [5.41, 5.74) is 1.66. The topological polar surface area (TPSA) is 20.2 Å². The minimum Gasteiger partial charge on any atom is -0.396 e. The lowest BCUT2D eigenvalue weighted by molar-refractivity contribution is 0.261. The van der Waals surface area contributed by atoms with E-state index in [2.05, 4.69) is 15.9 Å². The summed E-state index contributed by atoms with van der Waals surface area (Å²) >= 11 is 3.38. The number of hydrogen-bond donors (Lipinski definition) is 1. The fraction of sp³-hybridized carbons (Fsp3) is 0.200. The summed E-state index contributed by atoms with van der Waals surface area (Å²) in [6.07, 6.45) is 0.630. The van der Waals surface area contributed by atoms with Gasteiger partial charge in [-0.25, -0.2) is 4.39 Å². The molecule has 0 saturated heterocycles. The molecule has 1 atom stereocenters. The SMILES string of the molecule is OCC(Cc1ccc(Br)cc1)c1ccccc1F. The summed E-state index contributed by atoms with van der Waals surface area (Å²) in [4.78, 5) is 0. The van der Waals surface area contributed by atoms with Gasteiger partial charge in [0.1, 0.15) is 5.82 Å². The van der Waals surface area contributed by atoms with Crippen molar-refractivity contribution in [3.05, 3.63) is 69.9 Å².